The van der Waals surface area contributed by atoms with Gasteiger partial charge in [-0.2, -0.15) is 0 Å². The number of nitrogens with zero attached hydrogens (tertiary/aromatic N) is 1. The third-order valence-corrected chi connectivity index (χ3v) is 4.32. The number of methoxy groups -OCH3 is 1. The topological polar surface area (TPSA) is 63.2 Å². The fraction of sp³-hybridized carbons (Fsp3) is 0.143. The van der Waals surface area contributed by atoms with E-state index in [1.807, 2.05) is 0 Å². The molecule has 2 N–H and O–H groups in total. The number of aromatic nitrogens is 1. The maximum absolute atomic E-state index is 13.6. The predicted octanol–water partition coefficient (Wildman–Crippen LogP) is 4.60. The second-order valence-electron chi connectivity index (χ2n) is 6.00. The van der Waals surface area contributed by atoms with E-state index in [1.165, 1.54) is 12.3 Å². The molecule has 0 saturated carbocycles. The maximum Gasteiger partial charge on any atom is 0.252 e. The standard InChI is InChI=1S/C21H19ClFN3O2/c1-28-19-8-7-16(22)12-18(19)26-20-9-6-15(13-25-20)21(27)24-11-10-14-4-2-3-5-17(14)23/h2-9,12-13H,10-11H2,1H3,(H,24,27)(H,25,26). The first kappa shape index (κ1) is 19.6. The molecule has 0 fully saturated rings. The fourth-order valence-electron chi connectivity index (χ4n) is 2.63. The molecule has 0 aliphatic heterocycles. The minimum Gasteiger partial charge on any atom is -0.495 e. The van der Waals surface area contributed by atoms with Gasteiger partial charge in [-0.1, -0.05) is 29.8 Å². The van der Waals surface area contributed by atoms with Crippen LogP contribution in [0.3, 0.4) is 0 Å². The Morgan fingerprint density at radius 1 is 1.18 bits per heavy atom. The molecular weight excluding hydrogens is 381 g/mol. The Bertz CT molecular complexity index is 964. The molecule has 1 heterocycles. The molecule has 0 aliphatic carbocycles. The van der Waals surface area contributed by atoms with Crippen molar-refractivity contribution >= 4 is 29.0 Å². The molecule has 3 aromatic rings. The Kier molecular flexibility index (Phi) is 6.45. The highest BCUT2D eigenvalue weighted by Crippen LogP contribution is 2.29. The van der Waals surface area contributed by atoms with Crippen molar-refractivity contribution < 1.29 is 13.9 Å². The first-order valence-electron chi connectivity index (χ1n) is 8.65. The van der Waals surface area contributed by atoms with E-state index in [0.29, 0.717) is 46.4 Å². The number of carbonyl (C=O) groups excluding carboxylic acids is 1. The Balaban J connectivity index is 1.58. The summed E-state index contributed by atoms with van der Waals surface area (Å²) in [6, 6.07) is 15.1. The summed E-state index contributed by atoms with van der Waals surface area (Å²) in [5.41, 5.74) is 1.65. The smallest absolute Gasteiger partial charge is 0.252 e. The summed E-state index contributed by atoms with van der Waals surface area (Å²) in [5.74, 6) is 0.630. The zero-order valence-corrected chi connectivity index (χ0v) is 16.0. The summed E-state index contributed by atoms with van der Waals surface area (Å²) in [4.78, 5) is 16.5. The molecule has 1 aromatic heterocycles. The Morgan fingerprint density at radius 2 is 2.00 bits per heavy atom. The summed E-state index contributed by atoms with van der Waals surface area (Å²) >= 11 is 6.02. The highest BCUT2D eigenvalue weighted by atomic mass is 35.5. The molecule has 2 aromatic carbocycles. The van der Waals surface area contributed by atoms with Crippen molar-refractivity contribution in [1.82, 2.24) is 10.3 Å². The highest BCUT2D eigenvalue weighted by molar-refractivity contribution is 6.31. The molecule has 0 radical (unpaired) electrons. The van der Waals surface area contributed by atoms with Crippen molar-refractivity contribution in [3.8, 4) is 5.75 Å². The van der Waals surface area contributed by atoms with Gasteiger partial charge in [-0.05, 0) is 48.4 Å². The van der Waals surface area contributed by atoms with E-state index in [2.05, 4.69) is 15.6 Å². The fourth-order valence-corrected chi connectivity index (χ4v) is 2.80. The second-order valence-corrected chi connectivity index (χ2v) is 6.44. The number of hydrogen-bond acceptors (Lipinski definition) is 4. The van der Waals surface area contributed by atoms with Crippen LogP contribution in [-0.4, -0.2) is 24.5 Å². The van der Waals surface area contributed by atoms with Crippen LogP contribution in [0.15, 0.2) is 60.8 Å². The van der Waals surface area contributed by atoms with Gasteiger partial charge >= 0.3 is 0 Å². The third kappa shape index (κ3) is 4.98. The van der Waals surface area contributed by atoms with Gasteiger partial charge in [0.2, 0.25) is 0 Å². The molecule has 0 spiro atoms. The number of carbonyl (C=O) groups is 1. The van der Waals surface area contributed by atoms with Gasteiger partial charge in [-0.15, -0.1) is 0 Å². The number of nitrogens with one attached hydrogen (secondary N) is 2. The van der Waals surface area contributed by atoms with Gasteiger partial charge in [0.15, 0.2) is 0 Å². The number of pyridine rings is 1. The molecule has 0 unspecified atom stereocenters. The molecule has 1 amide bonds. The summed E-state index contributed by atoms with van der Waals surface area (Å²) in [7, 11) is 1.57. The zero-order chi connectivity index (χ0) is 19.9. The van der Waals surface area contributed by atoms with Gasteiger partial charge in [-0.25, -0.2) is 9.37 Å². The van der Waals surface area contributed by atoms with Crippen molar-refractivity contribution in [2.75, 3.05) is 19.0 Å². The van der Waals surface area contributed by atoms with Crippen molar-refractivity contribution in [2.24, 2.45) is 0 Å². The van der Waals surface area contributed by atoms with Gasteiger partial charge in [0, 0.05) is 17.8 Å². The van der Waals surface area contributed by atoms with E-state index in [4.69, 9.17) is 16.3 Å². The second kappa shape index (κ2) is 9.19. The maximum atomic E-state index is 13.6. The number of hydrogen-bond donors (Lipinski definition) is 2. The SMILES string of the molecule is COc1ccc(Cl)cc1Nc1ccc(C(=O)NCCc2ccccc2F)cn1. The van der Waals surface area contributed by atoms with E-state index in [-0.39, 0.29) is 11.7 Å². The number of anilines is 2. The predicted molar refractivity (Wildman–Crippen MR) is 108 cm³/mol. The molecule has 28 heavy (non-hydrogen) atoms. The van der Waals surface area contributed by atoms with Crippen LogP contribution in [0.25, 0.3) is 0 Å². The van der Waals surface area contributed by atoms with Crippen molar-refractivity contribution in [2.45, 2.75) is 6.42 Å². The molecule has 5 nitrogen and oxygen atoms in total. The lowest BCUT2D eigenvalue weighted by Gasteiger charge is -2.11. The lowest BCUT2D eigenvalue weighted by molar-refractivity contribution is 0.0953. The van der Waals surface area contributed by atoms with Crippen LogP contribution in [0, 0.1) is 5.82 Å². The molecule has 144 valence electrons. The largest absolute Gasteiger partial charge is 0.495 e. The van der Waals surface area contributed by atoms with E-state index >= 15 is 0 Å². The molecule has 7 heteroatoms. The summed E-state index contributed by atoms with van der Waals surface area (Å²) in [6.07, 6.45) is 1.89. The highest BCUT2D eigenvalue weighted by Gasteiger charge is 2.09. The lowest BCUT2D eigenvalue weighted by atomic mass is 10.1. The average Bonchev–Trinajstić information content (AvgIpc) is 2.70. The molecule has 0 bridgehead atoms. The van der Waals surface area contributed by atoms with E-state index in [0.717, 1.165) is 0 Å². The van der Waals surface area contributed by atoms with Crippen LogP contribution in [0.1, 0.15) is 15.9 Å². The number of halogens is 2. The average molecular weight is 400 g/mol. The van der Waals surface area contributed by atoms with Crippen molar-refractivity contribution in [3.05, 3.63) is 82.8 Å². The number of ether oxygens (including phenoxy) is 1. The Hall–Kier alpha value is -3.12. The molecule has 0 atom stereocenters. The normalized spacial score (nSPS) is 10.4. The number of benzene rings is 2. The third-order valence-electron chi connectivity index (χ3n) is 4.09. The molecule has 0 aliphatic rings. The monoisotopic (exact) mass is 399 g/mol. The molecule has 3 rings (SSSR count). The van der Waals surface area contributed by atoms with Gasteiger partial charge in [0.25, 0.3) is 5.91 Å². The van der Waals surface area contributed by atoms with Gasteiger partial charge in [0.05, 0.1) is 18.4 Å². The number of amides is 1. The Labute approximate surface area is 167 Å². The lowest BCUT2D eigenvalue weighted by Crippen LogP contribution is -2.26. The molecule has 0 saturated heterocycles. The van der Waals surface area contributed by atoms with E-state index in [9.17, 15) is 9.18 Å². The molecular formula is C21H19ClFN3O2. The van der Waals surface area contributed by atoms with Crippen LogP contribution < -0.4 is 15.4 Å². The van der Waals surface area contributed by atoms with Gasteiger partial charge in [-0.3, -0.25) is 4.79 Å². The van der Waals surface area contributed by atoms with Crippen molar-refractivity contribution in [3.63, 3.8) is 0 Å². The van der Waals surface area contributed by atoms with Crippen LogP contribution >= 0.6 is 11.6 Å². The van der Waals surface area contributed by atoms with Crippen LogP contribution in [0.2, 0.25) is 5.02 Å². The Morgan fingerprint density at radius 3 is 2.71 bits per heavy atom. The zero-order valence-electron chi connectivity index (χ0n) is 15.2. The van der Waals surface area contributed by atoms with Gasteiger partial charge < -0.3 is 15.4 Å². The quantitative estimate of drug-likeness (QED) is 0.609. The minimum atomic E-state index is -0.273. The van der Waals surface area contributed by atoms with E-state index in [1.54, 1.807) is 55.6 Å². The van der Waals surface area contributed by atoms with Crippen LogP contribution in [0.4, 0.5) is 15.9 Å². The number of rotatable bonds is 7. The summed E-state index contributed by atoms with van der Waals surface area (Å²) < 4.78 is 18.9. The van der Waals surface area contributed by atoms with Gasteiger partial charge in [0.1, 0.15) is 17.4 Å². The van der Waals surface area contributed by atoms with Crippen LogP contribution in [0.5, 0.6) is 5.75 Å². The summed E-state index contributed by atoms with van der Waals surface area (Å²) in [6.45, 7) is 0.333. The summed E-state index contributed by atoms with van der Waals surface area (Å²) in [5, 5.41) is 6.44. The van der Waals surface area contributed by atoms with E-state index < -0.39 is 0 Å². The van der Waals surface area contributed by atoms with Crippen molar-refractivity contribution in [1.29, 1.82) is 0 Å². The minimum absolute atomic E-state index is 0.268. The first-order chi connectivity index (χ1) is 13.6. The first-order valence-corrected chi connectivity index (χ1v) is 9.03. The van der Waals surface area contributed by atoms with Crippen LogP contribution in [-0.2, 0) is 6.42 Å².